The summed E-state index contributed by atoms with van der Waals surface area (Å²) in [4.78, 5) is 15.7. The van der Waals surface area contributed by atoms with Gasteiger partial charge in [0.25, 0.3) is 5.91 Å². The Kier molecular flexibility index (Phi) is 3.40. The molecule has 1 fully saturated rings. The summed E-state index contributed by atoms with van der Waals surface area (Å²) in [6, 6.07) is 6.52. The van der Waals surface area contributed by atoms with Gasteiger partial charge in [0.2, 0.25) is 0 Å². The standard InChI is InChI=1S/C15H21N3O2/c1-17-8-10(7-16)5-12(17)11-3-4-14-13(6-11)18(2)15(19)9-20-14/h3-4,6,10,12H,5,7-9,16H2,1-2H3. The number of amides is 1. The molecule has 2 aliphatic rings. The van der Waals surface area contributed by atoms with Gasteiger partial charge >= 0.3 is 0 Å². The molecule has 0 aliphatic carbocycles. The van der Waals surface area contributed by atoms with Crippen LogP contribution >= 0.6 is 0 Å². The third kappa shape index (κ3) is 2.17. The number of fused-ring (bicyclic) bond motifs is 1. The van der Waals surface area contributed by atoms with Crippen LogP contribution < -0.4 is 15.4 Å². The van der Waals surface area contributed by atoms with Crippen molar-refractivity contribution in [3.63, 3.8) is 0 Å². The van der Waals surface area contributed by atoms with E-state index in [0.717, 1.165) is 30.9 Å². The molecule has 1 saturated heterocycles. The number of ether oxygens (including phenoxy) is 1. The Balaban J connectivity index is 1.91. The minimum absolute atomic E-state index is 0.00531. The van der Waals surface area contributed by atoms with E-state index in [1.807, 2.05) is 6.07 Å². The molecule has 2 heterocycles. The molecule has 1 amide bonds. The van der Waals surface area contributed by atoms with E-state index in [1.165, 1.54) is 5.56 Å². The summed E-state index contributed by atoms with van der Waals surface area (Å²) >= 11 is 0. The Morgan fingerprint density at radius 1 is 1.40 bits per heavy atom. The van der Waals surface area contributed by atoms with E-state index in [2.05, 4.69) is 24.1 Å². The van der Waals surface area contributed by atoms with Crippen molar-refractivity contribution in [2.75, 3.05) is 38.7 Å². The van der Waals surface area contributed by atoms with Gasteiger partial charge in [-0.2, -0.15) is 0 Å². The second kappa shape index (κ2) is 5.07. The zero-order chi connectivity index (χ0) is 14.3. The predicted molar refractivity (Wildman–Crippen MR) is 77.9 cm³/mol. The molecule has 1 aromatic carbocycles. The number of anilines is 1. The number of nitrogens with zero attached hydrogens (tertiary/aromatic N) is 2. The minimum Gasteiger partial charge on any atom is -0.482 e. The van der Waals surface area contributed by atoms with Crippen molar-refractivity contribution in [2.45, 2.75) is 12.5 Å². The number of hydrogen-bond acceptors (Lipinski definition) is 4. The van der Waals surface area contributed by atoms with Gasteiger partial charge in [0.05, 0.1) is 5.69 Å². The van der Waals surface area contributed by atoms with Crippen LogP contribution in [0.15, 0.2) is 18.2 Å². The minimum atomic E-state index is -0.00531. The van der Waals surface area contributed by atoms with Crippen LogP contribution in [0.25, 0.3) is 0 Å². The number of nitrogens with two attached hydrogens (primary N) is 1. The van der Waals surface area contributed by atoms with Crippen molar-refractivity contribution < 1.29 is 9.53 Å². The smallest absolute Gasteiger partial charge is 0.264 e. The summed E-state index contributed by atoms with van der Waals surface area (Å²) in [6.45, 7) is 1.89. The van der Waals surface area contributed by atoms with Crippen molar-refractivity contribution in [3.05, 3.63) is 23.8 Å². The monoisotopic (exact) mass is 275 g/mol. The average molecular weight is 275 g/mol. The Morgan fingerprint density at radius 3 is 2.90 bits per heavy atom. The molecule has 20 heavy (non-hydrogen) atoms. The number of likely N-dealkylation sites (N-methyl/N-ethyl adjacent to an activating group) is 1. The summed E-state index contributed by atoms with van der Waals surface area (Å²) in [6.07, 6.45) is 1.07. The maximum absolute atomic E-state index is 11.7. The van der Waals surface area contributed by atoms with E-state index in [9.17, 15) is 4.79 Å². The van der Waals surface area contributed by atoms with Crippen molar-refractivity contribution in [1.82, 2.24) is 4.90 Å². The fourth-order valence-corrected chi connectivity index (χ4v) is 3.16. The van der Waals surface area contributed by atoms with Crippen molar-refractivity contribution in [2.24, 2.45) is 11.7 Å². The fourth-order valence-electron chi connectivity index (χ4n) is 3.16. The van der Waals surface area contributed by atoms with Gasteiger partial charge in [0.1, 0.15) is 5.75 Å². The van der Waals surface area contributed by atoms with Gasteiger partial charge in [-0.3, -0.25) is 9.69 Å². The van der Waals surface area contributed by atoms with Crippen LogP contribution in [-0.4, -0.2) is 44.6 Å². The van der Waals surface area contributed by atoms with Gasteiger partial charge in [-0.05, 0) is 43.6 Å². The van der Waals surface area contributed by atoms with Gasteiger partial charge in [-0.1, -0.05) is 6.07 Å². The second-order valence-corrected chi connectivity index (χ2v) is 5.76. The molecular weight excluding hydrogens is 254 g/mol. The first-order valence-corrected chi connectivity index (χ1v) is 7.03. The predicted octanol–water partition coefficient (Wildman–Crippen LogP) is 0.993. The fraction of sp³-hybridized carbons (Fsp3) is 0.533. The van der Waals surface area contributed by atoms with E-state index in [-0.39, 0.29) is 12.5 Å². The highest BCUT2D eigenvalue weighted by atomic mass is 16.5. The van der Waals surface area contributed by atoms with Crippen LogP contribution in [0.4, 0.5) is 5.69 Å². The number of hydrogen-bond donors (Lipinski definition) is 1. The van der Waals surface area contributed by atoms with Gasteiger partial charge in [0.15, 0.2) is 6.61 Å². The molecule has 1 aromatic rings. The zero-order valence-electron chi connectivity index (χ0n) is 12.0. The van der Waals surface area contributed by atoms with Gasteiger partial charge in [-0.25, -0.2) is 0 Å². The lowest BCUT2D eigenvalue weighted by molar-refractivity contribution is -0.120. The molecule has 5 nitrogen and oxygen atoms in total. The highest BCUT2D eigenvalue weighted by Crippen LogP contribution is 2.39. The molecule has 5 heteroatoms. The number of carbonyl (C=O) groups is 1. The van der Waals surface area contributed by atoms with Crippen molar-refractivity contribution in [3.8, 4) is 5.75 Å². The summed E-state index contributed by atoms with van der Waals surface area (Å²) in [5, 5.41) is 0. The van der Waals surface area contributed by atoms with Gasteiger partial charge < -0.3 is 15.4 Å². The molecule has 0 aromatic heterocycles. The van der Waals surface area contributed by atoms with E-state index in [0.29, 0.717) is 12.0 Å². The summed E-state index contributed by atoms with van der Waals surface area (Å²) < 4.78 is 5.47. The maximum Gasteiger partial charge on any atom is 0.264 e. The first-order chi connectivity index (χ1) is 9.60. The van der Waals surface area contributed by atoms with E-state index in [1.54, 1.807) is 11.9 Å². The lowest BCUT2D eigenvalue weighted by atomic mass is 9.99. The maximum atomic E-state index is 11.7. The molecule has 0 bridgehead atoms. The van der Waals surface area contributed by atoms with Gasteiger partial charge in [-0.15, -0.1) is 0 Å². The molecule has 2 atom stereocenters. The Bertz CT molecular complexity index is 532. The lowest BCUT2D eigenvalue weighted by Gasteiger charge is -2.28. The third-order valence-corrected chi connectivity index (χ3v) is 4.42. The Morgan fingerprint density at radius 2 is 2.20 bits per heavy atom. The van der Waals surface area contributed by atoms with Gasteiger partial charge in [0, 0.05) is 19.6 Å². The number of rotatable bonds is 2. The summed E-state index contributed by atoms with van der Waals surface area (Å²) in [5.41, 5.74) is 7.88. The largest absolute Gasteiger partial charge is 0.482 e. The highest BCUT2D eigenvalue weighted by Gasteiger charge is 2.31. The SMILES string of the molecule is CN1C(=O)COc2ccc(C3CC(CN)CN3C)cc21. The van der Waals surface area contributed by atoms with Crippen LogP contribution in [0.3, 0.4) is 0 Å². The summed E-state index contributed by atoms with van der Waals surface area (Å²) in [7, 11) is 3.93. The van der Waals surface area contributed by atoms with Crippen LogP contribution in [0, 0.1) is 5.92 Å². The molecule has 108 valence electrons. The average Bonchev–Trinajstić information content (AvgIpc) is 2.84. The first-order valence-electron chi connectivity index (χ1n) is 7.03. The summed E-state index contributed by atoms with van der Waals surface area (Å²) in [5.74, 6) is 1.33. The van der Waals surface area contributed by atoms with E-state index >= 15 is 0 Å². The highest BCUT2D eigenvalue weighted by molar-refractivity contribution is 5.97. The molecule has 2 aliphatic heterocycles. The number of carbonyl (C=O) groups excluding carboxylic acids is 1. The quantitative estimate of drug-likeness (QED) is 0.874. The topological polar surface area (TPSA) is 58.8 Å². The van der Waals surface area contributed by atoms with Crippen molar-refractivity contribution >= 4 is 11.6 Å². The normalized spacial score (nSPS) is 26.6. The van der Waals surface area contributed by atoms with Crippen LogP contribution in [-0.2, 0) is 4.79 Å². The Labute approximate surface area is 119 Å². The molecule has 0 radical (unpaired) electrons. The van der Waals surface area contributed by atoms with Crippen molar-refractivity contribution in [1.29, 1.82) is 0 Å². The van der Waals surface area contributed by atoms with Crippen LogP contribution in [0.5, 0.6) is 5.75 Å². The molecule has 0 saturated carbocycles. The van der Waals surface area contributed by atoms with Crippen LogP contribution in [0.1, 0.15) is 18.0 Å². The van der Waals surface area contributed by atoms with Crippen LogP contribution in [0.2, 0.25) is 0 Å². The number of benzene rings is 1. The molecule has 2 unspecified atom stereocenters. The molecule has 3 rings (SSSR count). The van der Waals surface area contributed by atoms with E-state index < -0.39 is 0 Å². The first kappa shape index (κ1) is 13.4. The second-order valence-electron chi connectivity index (χ2n) is 5.76. The van der Waals surface area contributed by atoms with E-state index in [4.69, 9.17) is 10.5 Å². The number of likely N-dealkylation sites (tertiary alicyclic amines) is 1. The molecule has 0 spiro atoms. The lowest BCUT2D eigenvalue weighted by Crippen LogP contribution is -2.35. The molecular formula is C15H21N3O2. The Hall–Kier alpha value is -1.59. The third-order valence-electron chi connectivity index (χ3n) is 4.42. The zero-order valence-corrected chi connectivity index (χ0v) is 12.0. The molecule has 2 N–H and O–H groups in total.